The second-order valence-electron chi connectivity index (χ2n) is 12.4. The van der Waals surface area contributed by atoms with Gasteiger partial charge in [-0.2, -0.15) is 4.98 Å². The maximum Gasteiger partial charge on any atom is 0.229 e. The Balaban J connectivity index is 1.18. The van der Waals surface area contributed by atoms with Crippen molar-refractivity contribution in [2.24, 2.45) is 0 Å². The first-order valence-electron chi connectivity index (χ1n) is 16.0. The predicted octanol–water partition coefficient (Wildman–Crippen LogP) is 6.03. The summed E-state index contributed by atoms with van der Waals surface area (Å²) in [5.41, 5.74) is 3.64. The number of benzene rings is 2. The van der Waals surface area contributed by atoms with Crippen LogP contribution >= 0.6 is 18.7 Å². The number of nitrogens with zero attached hydrogens (tertiary/aromatic N) is 4. The zero-order chi connectivity index (χ0) is 32.4. The summed E-state index contributed by atoms with van der Waals surface area (Å²) >= 11 is 6.54. The number of likely N-dealkylation sites (tertiary alicyclic amines) is 1. The largest absolute Gasteiger partial charge is 0.494 e. The van der Waals surface area contributed by atoms with E-state index in [1.54, 1.807) is 26.5 Å². The molecule has 0 unspecified atom stereocenters. The average Bonchev–Trinajstić information content (AvgIpc) is 3.51. The Labute approximate surface area is 276 Å². The van der Waals surface area contributed by atoms with Gasteiger partial charge in [-0.1, -0.05) is 11.6 Å². The number of fused-ring (bicyclic) bond motifs is 1. The summed E-state index contributed by atoms with van der Waals surface area (Å²) in [6, 6.07) is 8.38. The number of halogens is 1. The van der Waals surface area contributed by atoms with Crippen LogP contribution < -0.4 is 35.0 Å². The Morgan fingerprint density at radius 3 is 2.59 bits per heavy atom. The van der Waals surface area contributed by atoms with Gasteiger partial charge in [0, 0.05) is 50.6 Å². The molecule has 4 heterocycles. The molecule has 1 aromatic heterocycles. The molecule has 6 rings (SSSR count). The fourth-order valence-electron chi connectivity index (χ4n) is 6.71. The predicted molar refractivity (Wildman–Crippen MR) is 185 cm³/mol. The van der Waals surface area contributed by atoms with E-state index in [1.807, 2.05) is 6.07 Å². The summed E-state index contributed by atoms with van der Waals surface area (Å²) in [6.45, 7) is 13.4. The van der Waals surface area contributed by atoms with E-state index in [-0.39, 0.29) is 0 Å². The van der Waals surface area contributed by atoms with Gasteiger partial charge in [-0.15, -0.1) is 0 Å². The second kappa shape index (κ2) is 13.9. The molecule has 11 nitrogen and oxygen atoms in total. The van der Waals surface area contributed by atoms with Crippen LogP contribution in [0, 0.1) is 6.92 Å². The number of rotatable bonds is 10. The Bertz CT molecular complexity index is 1610. The third kappa shape index (κ3) is 7.03. The zero-order valence-corrected chi connectivity index (χ0v) is 28.9. The smallest absolute Gasteiger partial charge is 0.229 e. The average molecular weight is 671 g/mol. The van der Waals surface area contributed by atoms with Crippen LogP contribution in [0.2, 0.25) is 5.02 Å². The van der Waals surface area contributed by atoms with E-state index in [0.29, 0.717) is 70.4 Å². The van der Waals surface area contributed by atoms with Crippen LogP contribution in [-0.4, -0.2) is 93.5 Å². The number of anilines is 5. The van der Waals surface area contributed by atoms with E-state index in [1.165, 1.54) is 11.9 Å². The quantitative estimate of drug-likeness (QED) is 0.247. The van der Waals surface area contributed by atoms with Gasteiger partial charge in [-0.3, -0.25) is 4.90 Å². The van der Waals surface area contributed by atoms with Gasteiger partial charge < -0.3 is 39.0 Å². The van der Waals surface area contributed by atoms with Crippen LogP contribution in [0.1, 0.15) is 31.7 Å². The summed E-state index contributed by atoms with van der Waals surface area (Å²) in [5, 5.41) is 7.46. The molecule has 2 N–H and O–H groups in total. The topological polar surface area (TPSA) is 110 Å². The molecule has 3 aliphatic rings. The van der Waals surface area contributed by atoms with Gasteiger partial charge in [-0.25, -0.2) is 4.98 Å². The van der Waals surface area contributed by atoms with Gasteiger partial charge in [0.05, 0.1) is 36.1 Å². The Morgan fingerprint density at radius 2 is 1.85 bits per heavy atom. The van der Waals surface area contributed by atoms with Crippen molar-refractivity contribution in [3.63, 3.8) is 0 Å². The summed E-state index contributed by atoms with van der Waals surface area (Å²) < 4.78 is 36.7. The highest BCUT2D eigenvalue weighted by Crippen LogP contribution is 2.47. The van der Waals surface area contributed by atoms with Crippen molar-refractivity contribution in [1.82, 2.24) is 14.9 Å². The molecule has 2 saturated heterocycles. The number of aryl methyl sites for hydroxylation is 1. The molecule has 248 valence electrons. The van der Waals surface area contributed by atoms with Crippen LogP contribution in [-0.2, 0) is 9.30 Å². The first-order valence-corrected chi connectivity index (χ1v) is 19.0. The summed E-state index contributed by atoms with van der Waals surface area (Å²) in [6.07, 6.45) is 5.30. The molecule has 0 radical (unpaired) electrons. The lowest BCUT2D eigenvalue weighted by Gasteiger charge is -2.38. The minimum absolute atomic E-state index is 0.317. The van der Waals surface area contributed by atoms with Crippen LogP contribution in [0.3, 0.4) is 0 Å². The Hall–Kier alpha value is -3.24. The van der Waals surface area contributed by atoms with Crippen molar-refractivity contribution in [2.75, 3.05) is 82.0 Å². The standard InChI is InChI=1S/C33H44ClN6O5P/c1-6-43-23-11-14-40(20-23)22-9-12-39(13-10-22)27-18-29(42-3)26(17-21(27)2)37-33-35-19-24(34)32(38-33)36-25-7-8-28-30(45-16-15-44-28)31(25)46(4,5)41/h7-8,17-19,22-23H,6,9-16,20H2,1-5H3,(H2,35,36,37,38)/t23-/m0/s1. The van der Waals surface area contributed by atoms with Crippen molar-refractivity contribution in [3.8, 4) is 17.2 Å². The molecule has 2 aromatic carbocycles. The molecule has 2 fully saturated rings. The number of nitrogens with one attached hydrogen (secondary N) is 2. The van der Waals surface area contributed by atoms with E-state index in [0.717, 1.165) is 63.3 Å². The fourth-order valence-corrected chi connectivity index (χ4v) is 8.23. The molecular weight excluding hydrogens is 627 g/mol. The number of hydrogen-bond acceptors (Lipinski definition) is 11. The third-order valence-electron chi connectivity index (χ3n) is 8.88. The zero-order valence-electron chi connectivity index (χ0n) is 27.3. The molecule has 0 aliphatic carbocycles. The Morgan fingerprint density at radius 1 is 1.07 bits per heavy atom. The van der Waals surface area contributed by atoms with E-state index in [4.69, 9.17) is 30.5 Å². The van der Waals surface area contributed by atoms with E-state index < -0.39 is 7.14 Å². The Kier molecular flexibility index (Phi) is 9.85. The first kappa shape index (κ1) is 32.7. The molecule has 0 bridgehead atoms. The van der Waals surface area contributed by atoms with E-state index in [2.05, 4.69) is 56.4 Å². The summed E-state index contributed by atoms with van der Waals surface area (Å²) in [4.78, 5) is 14.2. The van der Waals surface area contributed by atoms with Gasteiger partial charge in [0.1, 0.15) is 31.1 Å². The third-order valence-corrected chi connectivity index (χ3v) is 10.7. The lowest BCUT2D eigenvalue weighted by atomic mass is 10.0. The molecule has 3 aliphatic heterocycles. The minimum Gasteiger partial charge on any atom is -0.494 e. The van der Waals surface area contributed by atoms with Crippen molar-refractivity contribution < 1.29 is 23.5 Å². The van der Waals surface area contributed by atoms with Gasteiger partial charge in [0.2, 0.25) is 5.95 Å². The lowest BCUT2D eigenvalue weighted by Crippen LogP contribution is -2.44. The maximum atomic E-state index is 13.4. The molecule has 0 amide bonds. The molecule has 46 heavy (non-hydrogen) atoms. The highest BCUT2D eigenvalue weighted by Gasteiger charge is 2.32. The van der Waals surface area contributed by atoms with Crippen molar-refractivity contribution >= 4 is 52.9 Å². The number of methoxy groups -OCH3 is 1. The number of aromatic nitrogens is 2. The second-order valence-corrected chi connectivity index (χ2v) is 16.0. The van der Waals surface area contributed by atoms with Crippen LogP contribution in [0.15, 0.2) is 30.5 Å². The van der Waals surface area contributed by atoms with Gasteiger partial charge in [0.25, 0.3) is 0 Å². The number of ether oxygens (including phenoxy) is 4. The number of hydrogen-bond donors (Lipinski definition) is 2. The van der Waals surface area contributed by atoms with Crippen LogP contribution in [0.4, 0.5) is 28.8 Å². The van der Waals surface area contributed by atoms with Crippen molar-refractivity contribution in [1.29, 1.82) is 0 Å². The highest BCUT2D eigenvalue weighted by molar-refractivity contribution is 7.70. The molecule has 3 aromatic rings. The fraction of sp³-hybridized carbons (Fsp3) is 0.515. The van der Waals surface area contributed by atoms with Gasteiger partial charge in [-0.05, 0) is 70.2 Å². The molecule has 0 saturated carbocycles. The van der Waals surface area contributed by atoms with Crippen LogP contribution in [0.5, 0.6) is 17.2 Å². The molecule has 0 spiro atoms. The monoisotopic (exact) mass is 670 g/mol. The molecule has 1 atom stereocenters. The lowest BCUT2D eigenvalue weighted by molar-refractivity contribution is 0.0626. The van der Waals surface area contributed by atoms with E-state index in [9.17, 15) is 4.57 Å². The van der Waals surface area contributed by atoms with Gasteiger partial charge in [0.15, 0.2) is 17.3 Å². The number of piperidine rings is 1. The summed E-state index contributed by atoms with van der Waals surface area (Å²) in [7, 11) is -1.11. The van der Waals surface area contributed by atoms with Crippen molar-refractivity contribution in [3.05, 3.63) is 41.0 Å². The van der Waals surface area contributed by atoms with Gasteiger partial charge >= 0.3 is 0 Å². The maximum absolute atomic E-state index is 13.4. The van der Waals surface area contributed by atoms with Crippen LogP contribution in [0.25, 0.3) is 0 Å². The first-order chi connectivity index (χ1) is 22.1. The minimum atomic E-state index is -2.78. The normalized spacial score (nSPS) is 18.9. The van der Waals surface area contributed by atoms with E-state index >= 15 is 0 Å². The highest BCUT2D eigenvalue weighted by atomic mass is 35.5. The molecule has 13 heteroatoms. The molecular formula is C33H44ClN6O5P. The van der Waals surface area contributed by atoms with Crippen molar-refractivity contribution in [2.45, 2.75) is 45.3 Å². The SMILES string of the molecule is CCO[C@H]1CCN(C2CCN(c3cc(OC)c(Nc4ncc(Cl)c(Nc5ccc6c(c5P(C)(C)=O)OCCO6)n4)cc3C)CC2)C1. The summed E-state index contributed by atoms with van der Waals surface area (Å²) in [5.74, 6) is 2.46.